The standard InChI is InChI=1S/C14H20ClNOS/c1-14(2,8-9-15)11-16-13(17)10-18-12-6-4-3-5-7-12/h3-7H,8-11H2,1-2H3,(H,16,17). The molecule has 1 rings (SSSR count). The van der Waals surface area contributed by atoms with Crippen molar-refractivity contribution in [2.24, 2.45) is 5.41 Å². The summed E-state index contributed by atoms with van der Waals surface area (Å²) in [6.45, 7) is 4.90. The van der Waals surface area contributed by atoms with Crippen LogP contribution in [0.15, 0.2) is 35.2 Å². The van der Waals surface area contributed by atoms with Crippen molar-refractivity contribution in [1.29, 1.82) is 0 Å². The number of thioether (sulfide) groups is 1. The maximum Gasteiger partial charge on any atom is 0.230 e. The highest BCUT2D eigenvalue weighted by Gasteiger charge is 2.17. The van der Waals surface area contributed by atoms with Gasteiger partial charge in [0, 0.05) is 17.3 Å². The fourth-order valence-corrected chi connectivity index (χ4v) is 2.66. The Morgan fingerprint density at radius 2 is 2.00 bits per heavy atom. The number of carbonyl (C=O) groups is 1. The summed E-state index contributed by atoms with van der Waals surface area (Å²) in [5.41, 5.74) is 0.0643. The summed E-state index contributed by atoms with van der Waals surface area (Å²) in [4.78, 5) is 12.8. The van der Waals surface area contributed by atoms with Crippen molar-refractivity contribution < 1.29 is 4.79 Å². The lowest BCUT2D eigenvalue weighted by atomic mass is 9.90. The van der Waals surface area contributed by atoms with Crippen LogP contribution in [0.4, 0.5) is 0 Å². The maximum absolute atomic E-state index is 11.7. The molecule has 1 N–H and O–H groups in total. The molecule has 18 heavy (non-hydrogen) atoms. The molecule has 0 aliphatic rings. The van der Waals surface area contributed by atoms with Crippen LogP contribution in [0.2, 0.25) is 0 Å². The van der Waals surface area contributed by atoms with Gasteiger partial charge in [-0.3, -0.25) is 4.79 Å². The minimum absolute atomic E-state index is 0.0643. The maximum atomic E-state index is 11.7. The van der Waals surface area contributed by atoms with Crippen LogP contribution < -0.4 is 5.32 Å². The third-order valence-corrected chi connectivity index (χ3v) is 3.85. The largest absolute Gasteiger partial charge is 0.355 e. The predicted octanol–water partition coefficient (Wildman–Crippen LogP) is 3.55. The Balaban J connectivity index is 2.26. The number of hydrogen-bond donors (Lipinski definition) is 1. The van der Waals surface area contributed by atoms with Crippen LogP contribution in [0.3, 0.4) is 0 Å². The highest BCUT2D eigenvalue weighted by atomic mass is 35.5. The number of nitrogens with one attached hydrogen (secondary N) is 1. The summed E-state index contributed by atoms with van der Waals surface area (Å²) < 4.78 is 0. The third-order valence-electron chi connectivity index (χ3n) is 2.65. The first-order valence-corrected chi connectivity index (χ1v) is 7.56. The van der Waals surface area contributed by atoms with Gasteiger partial charge in [-0.05, 0) is 24.0 Å². The first-order chi connectivity index (χ1) is 8.53. The van der Waals surface area contributed by atoms with Crippen LogP contribution in [0, 0.1) is 5.41 Å². The summed E-state index contributed by atoms with van der Waals surface area (Å²) >= 11 is 7.28. The van der Waals surface area contributed by atoms with Gasteiger partial charge in [0.25, 0.3) is 0 Å². The van der Waals surface area contributed by atoms with E-state index in [9.17, 15) is 4.79 Å². The Labute approximate surface area is 118 Å². The lowest BCUT2D eigenvalue weighted by Gasteiger charge is -2.23. The normalized spacial score (nSPS) is 11.3. The zero-order valence-corrected chi connectivity index (χ0v) is 12.5. The summed E-state index contributed by atoms with van der Waals surface area (Å²) in [7, 11) is 0. The molecule has 0 aliphatic heterocycles. The van der Waals surface area contributed by atoms with Gasteiger partial charge >= 0.3 is 0 Å². The highest BCUT2D eigenvalue weighted by Crippen LogP contribution is 2.20. The van der Waals surface area contributed by atoms with E-state index in [1.807, 2.05) is 30.3 Å². The van der Waals surface area contributed by atoms with Crippen molar-refractivity contribution in [3.8, 4) is 0 Å². The average molecular weight is 286 g/mol. The fraction of sp³-hybridized carbons (Fsp3) is 0.500. The minimum Gasteiger partial charge on any atom is -0.355 e. The SMILES string of the molecule is CC(C)(CCCl)CNC(=O)CSc1ccccc1. The number of halogens is 1. The van der Waals surface area contributed by atoms with Crippen LogP contribution in [0.25, 0.3) is 0 Å². The van der Waals surface area contributed by atoms with E-state index in [1.54, 1.807) is 11.8 Å². The third kappa shape index (κ3) is 6.31. The molecule has 2 nitrogen and oxygen atoms in total. The van der Waals surface area contributed by atoms with E-state index in [-0.39, 0.29) is 11.3 Å². The van der Waals surface area contributed by atoms with Gasteiger partial charge in [0.2, 0.25) is 5.91 Å². The number of benzene rings is 1. The van der Waals surface area contributed by atoms with E-state index in [0.717, 1.165) is 11.3 Å². The van der Waals surface area contributed by atoms with Crippen LogP contribution in [-0.2, 0) is 4.79 Å². The molecular formula is C14H20ClNOS. The first kappa shape index (κ1) is 15.4. The van der Waals surface area contributed by atoms with Crippen LogP contribution >= 0.6 is 23.4 Å². The molecule has 0 heterocycles. The van der Waals surface area contributed by atoms with Crippen LogP contribution in [0.5, 0.6) is 0 Å². The van der Waals surface area contributed by atoms with Gasteiger partial charge in [0.15, 0.2) is 0 Å². The van der Waals surface area contributed by atoms with Gasteiger partial charge in [-0.2, -0.15) is 0 Å². The Hall–Kier alpha value is -0.670. The number of carbonyl (C=O) groups excluding carboxylic acids is 1. The number of amides is 1. The molecule has 1 aromatic rings. The lowest BCUT2D eigenvalue weighted by molar-refractivity contribution is -0.119. The van der Waals surface area contributed by atoms with Crippen molar-refractivity contribution in [3.63, 3.8) is 0 Å². The van der Waals surface area contributed by atoms with Gasteiger partial charge in [-0.1, -0.05) is 32.0 Å². The quantitative estimate of drug-likeness (QED) is 0.613. The van der Waals surface area contributed by atoms with Crippen LogP contribution in [0.1, 0.15) is 20.3 Å². The molecule has 4 heteroatoms. The first-order valence-electron chi connectivity index (χ1n) is 6.04. The van der Waals surface area contributed by atoms with Crippen molar-refractivity contribution in [2.75, 3.05) is 18.2 Å². The molecule has 0 bridgehead atoms. The fourth-order valence-electron chi connectivity index (χ4n) is 1.40. The molecule has 1 aromatic carbocycles. The average Bonchev–Trinajstić information content (AvgIpc) is 2.35. The minimum atomic E-state index is 0.0643. The Morgan fingerprint density at radius 3 is 2.61 bits per heavy atom. The second-order valence-corrected chi connectivity index (χ2v) is 6.41. The molecule has 0 saturated heterocycles. The van der Waals surface area contributed by atoms with Gasteiger partial charge in [-0.15, -0.1) is 23.4 Å². The van der Waals surface area contributed by atoms with Crippen molar-refractivity contribution >= 4 is 29.3 Å². The van der Waals surface area contributed by atoms with E-state index in [1.165, 1.54) is 0 Å². The molecule has 0 radical (unpaired) electrons. The highest BCUT2D eigenvalue weighted by molar-refractivity contribution is 8.00. The van der Waals surface area contributed by atoms with Crippen molar-refractivity contribution in [2.45, 2.75) is 25.2 Å². The molecule has 0 aromatic heterocycles. The smallest absolute Gasteiger partial charge is 0.230 e. The number of hydrogen-bond acceptors (Lipinski definition) is 2. The topological polar surface area (TPSA) is 29.1 Å². The van der Waals surface area contributed by atoms with Crippen molar-refractivity contribution in [1.82, 2.24) is 5.32 Å². The van der Waals surface area contributed by atoms with E-state index in [0.29, 0.717) is 18.2 Å². The van der Waals surface area contributed by atoms with E-state index in [2.05, 4.69) is 19.2 Å². The monoisotopic (exact) mass is 285 g/mol. The Kier molecular flexibility index (Phi) is 6.58. The number of rotatable bonds is 7. The zero-order chi connectivity index (χ0) is 13.4. The molecule has 0 unspecified atom stereocenters. The molecule has 0 fully saturated rings. The second kappa shape index (κ2) is 7.70. The summed E-state index contributed by atoms with van der Waals surface area (Å²) in [6.07, 6.45) is 0.903. The molecule has 0 saturated carbocycles. The van der Waals surface area contributed by atoms with E-state index in [4.69, 9.17) is 11.6 Å². The van der Waals surface area contributed by atoms with Gasteiger partial charge in [-0.25, -0.2) is 0 Å². The molecule has 0 atom stereocenters. The predicted molar refractivity (Wildman–Crippen MR) is 79.3 cm³/mol. The molecule has 1 amide bonds. The molecule has 0 spiro atoms. The van der Waals surface area contributed by atoms with Crippen molar-refractivity contribution in [3.05, 3.63) is 30.3 Å². The molecule has 100 valence electrons. The zero-order valence-electron chi connectivity index (χ0n) is 10.9. The molecular weight excluding hydrogens is 266 g/mol. The Morgan fingerprint density at radius 1 is 1.33 bits per heavy atom. The Bertz CT molecular complexity index is 367. The number of alkyl halides is 1. The molecule has 0 aliphatic carbocycles. The summed E-state index contributed by atoms with van der Waals surface area (Å²) in [5, 5.41) is 2.96. The lowest BCUT2D eigenvalue weighted by Crippen LogP contribution is -2.35. The van der Waals surface area contributed by atoms with Crippen LogP contribution in [-0.4, -0.2) is 24.1 Å². The van der Waals surface area contributed by atoms with Gasteiger partial charge < -0.3 is 5.32 Å². The van der Waals surface area contributed by atoms with Gasteiger partial charge in [0.05, 0.1) is 5.75 Å². The van der Waals surface area contributed by atoms with E-state index < -0.39 is 0 Å². The van der Waals surface area contributed by atoms with E-state index >= 15 is 0 Å². The van der Waals surface area contributed by atoms with Gasteiger partial charge in [0.1, 0.15) is 0 Å². The second-order valence-electron chi connectivity index (χ2n) is 4.98. The summed E-state index contributed by atoms with van der Waals surface area (Å²) in [5.74, 6) is 1.16. The summed E-state index contributed by atoms with van der Waals surface area (Å²) in [6, 6.07) is 9.94.